The number of alkyl carbamates (subject to hydrolysis) is 1. The number of hydrogen-bond donors (Lipinski definition) is 3. The van der Waals surface area contributed by atoms with Gasteiger partial charge in [0.05, 0.1) is 6.20 Å². The van der Waals surface area contributed by atoms with Crippen LogP contribution in [0.4, 0.5) is 29.7 Å². The molecule has 3 N–H and O–H groups in total. The molecule has 188 valence electrons. The fourth-order valence-corrected chi connectivity index (χ4v) is 3.47. The van der Waals surface area contributed by atoms with Crippen LogP contribution in [0.15, 0.2) is 30.5 Å². The van der Waals surface area contributed by atoms with Crippen molar-refractivity contribution in [2.75, 3.05) is 17.2 Å². The summed E-state index contributed by atoms with van der Waals surface area (Å²) in [5, 5.41) is 18.2. The fourth-order valence-electron chi connectivity index (χ4n) is 3.47. The average molecular weight is 493 g/mol. The molecule has 35 heavy (non-hydrogen) atoms. The Balaban J connectivity index is 1.53. The summed E-state index contributed by atoms with van der Waals surface area (Å²) in [5.74, 6) is 0.401. The van der Waals surface area contributed by atoms with E-state index in [0.29, 0.717) is 12.4 Å². The van der Waals surface area contributed by atoms with E-state index < -0.39 is 18.1 Å². The minimum Gasteiger partial charge on any atom is -0.444 e. The van der Waals surface area contributed by atoms with Crippen LogP contribution in [0.3, 0.4) is 0 Å². The Morgan fingerprint density at radius 3 is 2.57 bits per heavy atom. The fraction of sp³-hybridized carbons (Fsp3) is 0.478. The van der Waals surface area contributed by atoms with Crippen molar-refractivity contribution in [3.63, 3.8) is 0 Å². The number of hydrogen-bond acceptors (Lipinski definition) is 8. The third-order valence-electron chi connectivity index (χ3n) is 5.06. The van der Waals surface area contributed by atoms with Crippen LogP contribution in [0.25, 0.3) is 0 Å². The highest BCUT2D eigenvalue weighted by molar-refractivity contribution is 5.68. The number of carbonyl (C=O) groups is 1. The molecule has 9 nitrogen and oxygen atoms in total. The second-order valence-corrected chi connectivity index (χ2v) is 9.14. The van der Waals surface area contributed by atoms with Gasteiger partial charge in [0.25, 0.3) is 0 Å². The molecular formula is C23H27F3N6O3. The van der Waals surface area contributed by atoms with E-state index in [1.165, 1.54) is 24.4 Å². The van der Waals surface area contributed by atoms with E-state index in [9.17, 15) is 23.2 Å². The van der Waals surface area contributed by atoms with Gasteiger partial charge in [0.15, 0.2) is 0 Å². The Morgan fingerprint density at radius 1 is 1.20 bits per heavy atom. The third kappa shape index (κ3) is 8.20. The zero-order valence-electron chi connectivity index (χ0n) is 19.6. The second kappa shape index (κ2) is 10.7. The van der Waals surface area contributed by atoms with Crippen LogP contribution >= 0.6 is 0 Å². The van der Waals surface area contributed by atoms with Gasteiger partial charge >= 0.3 is 12.5 Å². The maximum Gasteiger partial charge on any atom is 0.573 e. The van der Waals surface area contributed by atoms with Gasteiger partial charge < -0.3 is 25.4 Å². The molecule has 12 heteroatoms. The first-order valence-electron chi connectivity index (χ1n) is 11.0. The van der Waals surface area contributed by atoms with E-state index in [1.54, 1.807) is 26.8 Å². The highest BCUT2D eigenvalue weighted by Gasteiger charge is 2.32. The van der Waals surface area contributed by atoms with Gasteiger partial charge in [-0.15, -0.1) is 13.2 Å². The summed E-state index contributed by atoms with van der Waals surface area (Å²) >= 11 is 0. The second-order valence-electron chi connectivity index (χ2n) is 9.14. The van der Waals surface area contributed by atoms with E-state index in [1.807, 2.05) is 6.07 Å². The van der Waals surface area contributed by atoms with Crippen LogP contribution in [-0.2, 0) is 11.3 Å². The van der Waals surface area contributed by atoms with Gasteiger partial charge in [0.1, 0.15) is 28.8 Å². The topological polar surface area (TPSA) is 121 Å². The lowest BCUT2D eigenvalue weighted by atomic mass is 9.80. The normalized spacial score (nSPS) is 17.5. The van der Waals surface area contributed by atoms with Crippen molar-refractivity contribution in [2.45, 2.75) is 58.2 Å². The summed E-state index contributed by atoms with van der Waals surface area (Å²) in [6.45, 7) is 5.91. The highest BCUT2D eigenvalue weighted by Crippen LogP contribution is 2.29. The van der Waals surface area contributed by atoms with Crippen LogP contribution in [0.1, 0.15) is 44.7 Å². The summed E-state index contributed by atoms with van der Waals surface area (Å²) in [5.41, 5.74) is -0.0568. The summed E-state index contributed by atoms with van der Waals surface area (Å²) < 4.78 is 47.2. The van der Waals surface area contributed by atoms with Crippen molar-refractivity contribution in [2.24, 2.45) is 5.92 Å². The molecule has 0 aliphatic heterocycles. The number of carbonyl (C=O) groups excluding carboxylic acids is 1. The highest BCUT2D eigenvalue weighted by atomic mass is 19.4. The molecule has 1 aliphatic rings. The molecule has 0 spiro atoms. The van der Waals surface area contributed by atoms with Crippen molar-refractivity contribution in [3.05, 3.63) is 41.6 Å². The van der Waals surface area contributed by atoms with Crippen molar-refractivity contribution in [1.82, 2.24) is 15.3 Å². The number of alkyl halides is 3. The number of anilines is 2. The third-order valence-corrected chi connectivity index (χ3v) is 5.06. The predicted octanol–water partition coefficient (Wildman–Crippen LogP) is 4.57. The molecule has 1 aliphatic carbocycles. The maximum absolute atomic E-state index is 12.6. The van der Waals surface area contributed by atoms with Gasteiger partial charge in [-0.2, -0.15) is 10.2 Å². The number of rotatable bonds is 8. The van der Waals surface area contributed by atoms with Gasteiger partial charge in [-0.05, 0) is 45.6 Å². The molecule has 2 aromatic rings. The number of halogens is 3. The largest absolute Gasteiger partial charge is 0.573 e. The van der Waals surface area contributed by atoms with Crippen molar-refractivity contribution in [3.8, 4) is 11.8 Å². The molecule has 3 rings (SSSR count). The molecule has 1 aromatic heterocycles. The number of nitrogens with zero attached hydrogens (tertiary/aromatic N) is 3. The Labute approximate surface area is 201 Å². The molecule has 1 aromatic carbocycles. The quantitative estimate of drug-likeness (QED) is 0.490. The SMILES string of the molecule is CC(C)(C)OC(=O)N[C@H]1C[C@H](CNc2nc(NCc3ccccc3OC(F)(F)F)ncc2C#N)C1. The Hall–Kier alpha value is -3.75. The maximum atomic E-state index is 12.6. The number of nitriles is 1. The van der Waals surface area contributed by atoms with Gasteiger partial charge in [-0.25, -0.2) is 9.78 Å². The van der Waals surface area contributed by atoms with Crippen molar-refractivity contribution in [1.29, 1.82) is 5.26 Å². The molecule has 0 atom stereocenters. The minimum absolute atomic E-state index is 0.0156. The lowest BCUT2D eigenvalue weighted by molar-refractivity contribution is -0.274. The first-order valence-corrected chi connectivity index (χ1v) is 11.0. The lowest BCUT2D eigenvalue weighted by Gasteiger charge is -2.36. The zero-order valence-corrected chi connectivity index (χ0v) is 19.6. The molecule has 0 saturated heterocycles. The van der Waals surface area contributed by atoms with Crippen LogP contribution in [-0.4, -0.2) is 40.6 Å². The van der Waals surface area contributed by atoms with Crippen molar-refractivity contribution < 1.29 is 27.4 Å². The van der Waals surface area contributed by atoms with E-state index in [0.717, 1.165) is 12.8 Å². The molecule has 1 amide bonds. The number of amides is 1. The Kier molecular flexibility index (Phi) is 7.89. The number of ether oxygens (including phenoxy) is 2. The minimum atomic E-state index is -4.80. The van der Waals surface area contributed by atoms with Gasteiger partial charge in [-0.1, -0.05) is 18.2 Å². The Morgan fingerprint density at radius 2 is 1.91 bits per heavy atom. The van der Waals surface area contributed by atoms with Crippen LogP contribution in [0.5, 0.6) is 5.75 Å². The predicted molar refractivity (Wildman–Crippen MR) is 122 cm³/mol. The molecule has 1 saturated carbocycles. The smallest absolute Gasteiger partial charge is 0.444 e. The molecule has 0 bridgehead atoms. The summed E-state index contributed by atoms with van der Waals surface area (Å²) in [4.78, 5) is 20.2. The van der Waals surface area contributed by atoms with Crippen LogP contribution in [0.2, 0.25) is 0 Å². The summed E-state index contributed by atoms with van der Waals surface area (Å²) in [7, 11) is 0. The molecular weight excluding hydrogens is 465 g/mol. The van der Waals surface area contributed by atoms with Gasteiger partial charge in [-0.3, -0.25) is 0 Å². The number of aromatic nitrogens is 2. The van der Waals surface area contributed by atoms with Crippen LogP contribution in [0, 0.1) is 17.2 Å². The van der Waals surface area contributed by atoms with Crippen LogP contribution < -0.4 is 20.7 Å². The first-order chi connectivity index (χ1) is 16.4. The van der Waals surface area contributed by atoms with E-state index in [2.05, 4.69) is 30.7 Å². The molecule has 0 unspecified atom stereocenters. The van der Waals surface area contributed by atoms with Crippen molar-refractivity contribution >= 4 is 17.9 Å². The van der Waals surface area contributed by atoms with E-state index in [-0.39, 0.29) is 41.3 Å². The molecule has 0 radical (unpaired) electrons. The lowest BCUT2D eigenvalue weighted by Crippen LogP contribution is -2.47. The summed E-state index contributed by atoms with van der Waals surface area (Å²) in [6.07, 6.45) is -2.42. The van der Waals surface area contributed by atoms with E-state index >= 15 is 0 Å². The number of benzene rings is 1. The van der Waals surface area contributed by atoms with Gasteiger partial charge in [0.2, 0.25) is 5.95 Å². The molecule has 1 heterocycles. The average Bonchev–Trinajstić information content (AvgIpc) is 2.72. The Bertz CT molecular complexity index is 1080. The number of para-hydroxylation sites is 1. The standard InChI is InChI=1S/C23H27F3N6O3/c1-22(2,3)35-21(33)31-17-8-14(9-17)11-28-19-16(10-27)13-30-20(32-19)29-12-15-6-4-5-7-18(15)34-23(24,25)26/h4-7,13-14,17H,8-9,11-12H2,1-3H3,(H,31,33)(H2,28,29,30,32)/t14-,17-. The zero-order chi connectivity index (χ0) is 25.6. The first kappa shape index (κ1) is 25.9. The molecule has 1 fully saturated rings. The monoisotopic (exact) mass is 492 g/mol. The summed E-state index contributed by atoms with van der Waals surface area (Å²) in [6, 6.07) is 7.79. The van der Waals surface area contributed by atoms with Gasteiger partial charge in [0, 0.05) is 24.7 Å². The van der Waals surface area contributed by atoms with E-state index in [4.69, 9.17) is 4.74 Å². The number of nitrogens with one attached hydrogen (secondary N) is 3.